The molecule has 156 valence electrons. The standard InChI is InChI=1S/C22H23N3O5/c1-2-22(15-8-4-3-5-9-15)20(27)25(21(28)24-22)13-19(26)23-12-16-14-29-17-10-6-7-11-18(17)30-16/h3-11,16H,2,12-14H2,1H3,(H,23,26)(H,24,28)/t16-,22-/m0/s1. The summed E-state index contributed by atoms with van der Waals surface area (Å²) in [7, 11) is 0. The van der Waals surface area contributed by atoms with Crippen LogP contribution >= 0.6 is 0 Å². The van der Waals surface area contributed by atoms with E-state index in [1.807, 2.05) is 43.3 Å². The Morgan fingerprint density at radius 2 is 1.83 bits per heavy atom. The SMILES string of the molecule is CC[C@@]1(c2ccccc2)NC(=O)N(CC(=O)NC[C@H]2COc3ccccc3O2)C1=O. The number of nitrogens with zero attached hydrogens (tertiary/aromatic N) is 1. The molecule has 4 amide bonds. The van der Waals surface area contributed by atoms with Crippen LogP contribution in [0.3, 0.4) is 0 Å². The third kappa shape index (κ3) is 3.56. The number of urea groups is 1. The molecule has 2 aliphatic rings. The lowest BCUT2D eigenvalue weighted by Crippen LogP contribution is -2.46. The number of carbonyl (C=O) groups is 3. The van der Waals surface area contributed by atoms with Crippen LogP contribution in [0.5, 0.6) is 11.5 Å². The topological polar surface area (TPSA) is 97.0 Å². The summed E-state index contributed by atoms with van der Waals surface area (Å²) in [6, 6.07) is 15.8. The average Bonchev–Trinajstić information content (AvgIpc) is 3.03. The number of rotatable bonds is 6. The first kappa shape index (κ1) is 19.8. The first-order chi connectivity index (χ1) is 14.5. The van der Waals surface area contributed by atoms with Gasteiger partial charge in [-0.2, -0.15) is 0 Å². The first-order valence-corrected chi connectivity index (χ1v) is 9.88. The number of hydrogen-bond donors (Lipinski definition) is 2. The molecule has 0 aliphatic carbocycles. The van der Waals surface area contributed by atoms with E-state index < -0.39 is 23.4 Å². The Hall–Kier alpha value is -3.55. The Morgan fingerprint density at radius 3 is 2.57 bits per heavy atom. The molecule has 4 rings (SSSR count). The van der Waals surface area contributed by atoms with Gasteiger partial charge in [0.25, 0.3) is 5.91 Å². The van der Waals surface area contributed by atoms with Gasteiger partial charge in [0.2, 0.25) is 5.91 Å². The molecule has 2 aromatic rings. The summed E-state index contributed by atoms with van der Waals surface area (Å²) < 4.78 is 11.4. The fourth-order valence-electron chi connectivity index (χ4n) is 3.72. The minimum Gasteiger partial charge on any atom is -0.486 e. The highest BCUT2D eigenvalue weighted by Crippen LogP contribution is 2.32. The minimum atomic E-state index is -1.15. The summed E-state index contributed by atoms with van der Waals surface area (Å²) in [5, 5.41) is 5.49. The molecule has 2 aliphatic heterocycles. The molecule has 0 spiro atoms. The van der Waals surface area contributed by atoms with Crippen molar-refractivity contribution >= 4 is 17.8 Å². The van der Waals surface area contributed by atoms with Gasteiger partial charge in [0.1, 0.15) is 24.8 Å². The van der Waals surface area contributed by atoms with E-state index in [1.165, 1.54) is 0 Å². The molecule has 0 unspecified atom stereocenters. The molecule has 30 heavy (non-hydrogen) atoms. The summed E-state index contributed by atoms with van der Waals surface area (Å²) in [6.45, 7) is 1.97. The smallest absolute Gasteiger partial charge is 0.325 e. The fraction of sp³-hybridized carbons (Fsp3) is 0.318. The van der Waals surface area contributed by atoms with Gasteiger partial charge in [0.05, 0.1) is 6.54 Å². The molecular weight excluding hydrogens is 386 g/mol. The zero-order valence-corrected chi connectivity index (χ0v) is 16.6. The van der Waals surface area contributed by atoms with Crippen molar-refractivity contribution in [3.8, 4) is 11.5 Å². The monoisotopic (exact) mass is 409 g/mol. The average molecular weight is 409 g/mol. The molecule has 0 saturated carbocycles. The van der Waals surface area contributed by atoms with Crippen molar-refractivity contribution in [1.29, 1.82) is 0 Å². The van der Waals surface area contributed by atoms with Gasteiger partial charge in [-0.3, -0.25) is 14.5 Å². The zero-order valence-electron chi connectivity index (χ0n) is 16.6. The molecule has 0 aromatic heterocycles. The number of amides is 4. The van der Waals surface area contributed by atoms with Crippen LogP contribution in [0, 0.1) is 0 Å². The van der Waals surface area contributed by atoms with E-state index in [1.54, 1.807) is 18.2 Å². The Morgan fingerprint density at radius 1 is 1.13 bits per heavy atom. The zero-order chi connectivity index (χ0) is 21.1. The number of imide groups is 1. The van der Waals surface area contributed by atoms with Gasteiger partial charge in [-0.1, -0.05) is 49.4 Å². The van der Waals surface area contributed by atoms with Crippen molar-refractivity contribution in [2.24, 2.45) is 0 Å². The van der Waals surface area contributed by atoms with Crippen molar-refractivity contribution in [3.63, 3.8) is 0 Å². The summed E-state index contributed by atoms with van der Waals surface area (Å²) in [5.41, 5.74) is -0.456. The van der Waals surface area contributed by atoms with E-state index in [4.69, 9.17) is 9.47 Å². The van der Waals surface area contributed by atoms with Gasteiger partial charge in [0.15, 0.2) is 11.5 Å². The predicted octanol–water partition coefficient (Wildman–Crippen LogP) is 1.80. The van der Waals surface area contributed by atoms with Crippen LogP contribution in [-0.2, 0) is 15.1 Å². The number of para-hydroxylation sites is 2. The van der Waals surface area contributed by atoms with E-state index in [0.717, 1.165) is 4.90 Å². The van der Waals surface area contributed by atoms with E-state index >= 15 is 0 Å². The number of fused-ring (bicyclic) bond motifs is 1. The summed E-state index contributed by atoms with van der Waals surface area (Å²) in [6.07, 6.45) is 0.0258. The van der Waals surface area contributed by atoms with Gasteiger partial charge in [0, 0.05) is 0 Å². The number of hydrogen-bond acceptors (Lipinski definition) is 5. The van der Waals surface area contributed by atoms with Gasteiger partial charge < -0.3 is 20.1 Å². The molecule has 1 saturated heterocycles. The van der Waals surface area contributed by atoms with Gasteiger partial charge >= 0.3 is 6.03 Å². The highest BCUT2D eigenvalue weighted by atomic mass is 16.6. The first-order valence-electron chi connectivity index (χ1n) is 9.88. The number of benzene rings is 2. The molecule has 0 bridgehead atoms. The van der Waals surface area contributed by atoms with E-state index in [-0.39, 0.29) is 19.2 Å². The van der Waals surface area contributed by atoms with E-state index in [0.29, 0.717) is 30.1 Å². The number of ether oxygens (including phenoxy) is 2. The molecule has 2 aromatic carbocycles. The number of carbonyl (C=O) groups excluding carboxylic acids is 3. The third-order valence-electron chi connectivity index (χ3n) is 5.37. The Kier molecular flexibility index (Phi) is 5.31. The van der Waals surface area contributed by atoms with Crippen molar-refractivity contribution in [3.05, 3.63) is 60.2 Å². The second-order valence-electron chi connectivity index (χ2n) is 7.25. The lowest BCUT2D eigenvalue weighted by Gasteiger charge is -2.27. The van der Waals surface area contributed by atoms with Gasteiger partial charge in [-0.05, 0) is 24.1 Å². The molecule has 0 radical (unpaired) electrons. The molecule has 2 N–H and O–H groups in total. The summed E-state index contributed by atoms with van der Waals surface area (Å²) in [5.74, 6) is 0.410. The normalized spacial score (nSPS) is 22.6. The largest absolute Gasteiger partial charge is 0.486 e. The highest BCUT2D eigenvalue weighted by molar-refractivity contribution is 6.09. The van der Waals surface area contributed by atoms with E-state index in [2.05, 4.69) is 10.6 Å². The summed E-state index contributed by atoms with van der Waals surface area (Å²) in [4.78, 5) is 38.9. The molecule has 2 heterocycles. The van der Waals surface area contributed by atoms with Crippen LogP contribution in [0.25, 0.3) is 0 Å². The second kappa shape index (κ2) is 8.06. The maximum atomic E-state index is 13.1. The molecule has 1 fully saturated rings. The van der Waals surface area contributed by atoms with Crippen molar-refractivity contribution in [2.45, 2.75) is 25.0 Å². The Labute approximate surface area is 174 Å². The van der Waals surface area contributed by atoms with Crippen LogP contribution in [0.1, 0.15) is 18.9 Å². The highest BCUT2D eigenvalue weighted by Gasteiger charge is 2.51. The predicted molar refractivity (Wildman–Crippen MR) is 108 cm³/mol. The Balaban J connectivity index is 1.37. The van der Waals surface area contributed by atoms with E-state index in [9.17, 15) is 14.4 Å². The molecule has 8 heteroatoms. The maximum Gasteiger partial charge on any atom is 0.325 e. The summed E-state index contributed by atoms with van der Waals surface area (Å²) >= 11 is 0. The van der Waals surface area contributed by atoms with Crippen LogP contribution in [0.2, 0.25) is 0 Å². The molecule has 2 atom stereocenters. The van der Waals surface area contributed by atoms with Crippen molar-refractivity contribution in [2.75, 3.05) is 19.7 Å². The van der Waals surface area contributed by atoms with Crippen LogP contribution in [0.15, 0.2) is 54.6 Å². The van der Waals surface area contributed by atoms with Gasteiger partial charge in [-0.15, -0.1) is 0 Å². The maximum absolute atomic E-state index is 13.1. The minimum absolute atomic E-state index is 0.203. The lowest BCUT2D eigenvalue weighted by atomic mass is 9.87. The Bertz CT molecular complexity index is 964. The fourth-order valence-corrected chi connectivity index (χ4v) is 3.72. The third-order valence-corrected chi connectivity index (χ3v) is 5.37. The van der Waals surface area contributed by atoms with Crippen LogP contribution in [-0.4, -0.2) is 48.5 Å². The number of nitrogens with one attached hydrogen (secondary N) is 2. The second-order valence-corrected chi connectivity index (χ2v) is 7.25. The quantitative estimate of drug-likeness (QED) is 0.709. The van der Waals surface area contributed by atoms with Crippen molar-refractivity contribution in [1.82, 2.24) is 15.5 Å². The van der Waals surface area contributed by atoms with Crippen LogP contribution < -0.4 is 20.1 Å². The molecular formula is C22H23N3O5. The lowest BCUT2D eigenvalue weighted by molar-refractivity contribution is -0.135. The van der Waals surface area contributed by atoms with Crippen molar-refractivity contribution < 1.29 is 23.9 Å². The van der Waals surface area contributed by atoms with Crippen LogP contribution in [0.4, 0.5) is 4.79 Å². The van der Waals surface area contributed by atoms with Gasteiger partial charge in [-0.25, -0.2) is 4.79 Å². The molecule has 8 nitrogen and oxygen atoms in total.